The number of hydrogen-bond donors (Lipinski definition) is 0. The van der Waals surface area contributed by atoms with E-state index >= 15 is 0 Å². The van der Waals surface area contributed by atoms with Gasteiger partial charge >= 0.3 is 0 Å². The zero-order chi connectivity index (χ0) is 83.6. The van der Waals surface area contributed by atoms with Crippen molar-refractivity contribution in [3.05, 3.63) is 461 Å². The van der Waals surface area contributed by atoms with Crippen molar-refractivity contribution >= 4 is 153 Å². The third-order valence-electron chi connectivity index (χ3n) is 25.7. The first-order valence-corrected chi connectivity index (χ1v) is 43.3. The van der Waals surface area contributed by atoms with Gasteiger partial charge in [0, 0.05) is 98.8 Å². The second-order valence-electron chi connectivity index (χ2n) is 32.9. The van der Waals surface area contributed by atoms with Crippen molar-refractivity contribution in [3.8, 4) is 89.5 Å². The zero-order valence-electron chi connectivity index (χ0n) is 68.9. The van der Waals surface area contributed by atoms with E-state index in [0.29, 0.717) is 0 Å². The number of benzene rings is 20. The molecule has 0 aliphatic heterocycles. The summed E-state index contributed by atoms with van der Waals surface area (Å²) >= 11 is 0. The Bertz CT molecular complexity index is 8860. The lowest BCUT2D eigenvalue weighted by molar-refractivity contribution is 0.669. The van der Waals surface area contributed by atoms with Gasteiger partial charge in [0.25, 0.3) is 0 Å². The molecule has 0 unspecified atom stereocenters. The summed E-state index contributed by atoms with van der Waals surface area (Å²) in [7, 11) is 0. The first-order chi connectivity index (χ1) is 63.0. The van der Waals surface area contributed by atoms with Crippen LogP contribution in [0.4, 0.5) is 0 Å². The Balaban J connectivity index is 0.000000104. The third-order valence-corrected chi connectivity index (χ3v) is 25.7. The topological polar surface area (TPSA) is 59.1 Å². The van der Waals surface area contributed by atoms with E-state index < -0.39 is 0 Å². The minimum atomic E-state index is 0.908. The fourth-order valence-electron chi connectivity index (χ4n) is 19.9. The summed E-state index contributed by atoms with van der Waals surface area (Å²) in [5, 5.41) is 16.7. The molecule has 0 radical (unpaired) electrons. The quantitative estimate of drug-likeness (QED) is 0.137. The Morgan fingerprint density at radius 1 is 0.126 bits per heavy atom. The number of aromatic nitrogens is 4. The van der Waals surface area contributed by atoms with Crippen molar-refractivity contribution < 1.29 is 13.3 Å². The van der Waals surface area contributed by atoms with Crippen LogP contribution in [0.3, 0.4) is 0 Å². The smallest absolute Gasteiger partial charge is 0.145 e. The number of fused-ring (bicyclic) bond motifs is 23. The van der Waals surface area contributed by atoms with Crippen LogP contribution in [0.15, 0.2) is 474 Å². The molecule has 0 saturated carbocycles. The molecule has 27 rings (SSSR count). The van der Waals surface area contributed by atoms with Crippen LogP contribution >= 0.6 is 0 Å². The van der Waals surface area contributed by atoms with E-state index in [2.05, 4.69) is 455 Å². The summed E-state index contributed by atoms with van der Waals surface area (Å²) < 4.78 is 28.5. The average molecular weight is 1620 g/mol. The van der Waals surface area contributed by atoms with Gasteiger partial charge in [0.05, 0.1) is 49.5 Å². The van der Waals surface area contributed by atoms with Crippen LogP contribution in [0.2, 0.25) is 0 Å². The first kappa shape index (κ1) is 72.8. The maximum Gasteiger partial charge on any atom is 0.145 e. The van der Waals surface area contributed by atoms with Gasteiger partial charge in [-0.15, -0.1) is 0 Å². The van der Waals surface area contributed by atoms with E-state index in [9.17, 15) is 0 Å². The summed E-state index contributed by atoms with van der Waals surface area (Å²) in [5.41, 5.74) is 34.0. The van der Waals surface area contributed by atoms with E-state index in [1.54, 1.807) is 0 Å². The van der Waals surface area contributed by atoms with E-state index in [1.165, 1.54) is 149 Å². The van der Waals surface area contributed by atoms with E-state index in [0.717, 1.165) is 93.9 Å². The molecule has 27 aromatic rings. The molecule has 7 heteroatoms. The molecule has 7 heterocycles. The fourth-order valence-corrected chi connectivity index (χ4v) is 19.9. The number of rotatable bonds is 10. The predicted octanol–water partition coefficient (Wildman–Crippen LogP) is 33.1. The molecule has 7 nitrogen and oxygen atoms in total. The van der Waals surface area contributed by atoms with Crippen LogP contribution in [0.1, 0.15) is 0 Å². The lowest BCUT2D eigenvalue weighted by atomic mass is 9.93. The lowest BCUT2D eigenvalue weighted by Gasteiger charge is -2.13. The Morgan fingerprint density at radius 3 is 0.945 bits per heavy atom. The van der Waals surface area contributed by atoms with E-state index in [-0.39, 0.29) is 0 Å². The summed E-state index contributed by atoms with van der Waals surface area (Å²) in [6.07, 6.45) is 0. The average Bonchev–Trinajstić information content (AvgIpc) is 1.59. The summed E-state index contributed by atoms with van der Waals surface area (Å²) in [6.45, 7) is 0. The molecule has 0 bridgehead atoms. The van der Waals surface area contributed by atoms with Gasteiger partial charge in [-0.05, 0) is 231 Å². The van der Waals surface area contributed by atoms with Gasteiger partial charge in [-0.25, -0.2) is 0 Å². The van der Waals surface area contributed by atoms with Gasteiger partial charge in [-0.1, -0.05) is 291 Å². The highest BCUT2D eigenvalue weighted by molar-refractivity contribution is 6.28. The molecular formula is C120H76N4O3. The van der Waals surface area contributed by atoms with Crippen LogP contribution in [0.25, 0.3) is 243 Å². The molecule has 20 aromatic carbocycles. The highest BCUT2D eigenvalue weighted by Gasteiger charge is 2.24. The Kier molecular flexibility index (Phi) is 17.2. The Morgan fingerprint density at radius 2 is 0.441 bits per heavy atom. The largest absolute Gasteiger partial charge is 0.456 e. The van der Waals surface area contributed by atoms with Crippen molar-refractivity contribution in [1.82, 2.24) is 18.3 Å². The van der Waals surface area contributed by atoms with E-state index in [4.69, 9.17) is 13.3 Å². The standard InChI is InChI=1S/2C42H27NO.C36H22N2O/c1-3-11-28(12-4-1)31-23-32(29-13-5-2-6-14-29)25-33(24-31)30-19-21-34(22-20-30)43-39-17-9-7-15-35(39)37-26-38-36-16-8-10-18-41(36)44-42(38)27-40(37)43;1-3-11-28(12-4-1)31-25-32(29-13-5-2-6-14-29)27-33(26-31)30-19-21-34(22-20-30)43-37-17-9-7-15-35(37)41-38(43)23-24-40-42(41)36-16-8-10-18-39(36)44-40;1-2-10-23(11-3-1)37-30-15-7-4-12-25(30)29-22-24(18-20-32(29)37)38-31-16-8-5-14-28(31)35-33(38)21-19-27-26-13-6-9-17-34(26)39-36(27)35/h2*1-27H;1-22H. The molecule has 127 heavy (non-hydrogen) atoms. The molecular weight excluding hydrogens is 1550 g/mol. The van der Waals surface area contributed by atoms with Crippen LogP contribution < -0.4 is 0 Å². The molecule has 7 aromatic heterocycles. The summed E-state index contributed by atoms with van der Waals surface area (Å²) in [6, 6.07) is 165. The lowest BCUT2D eigenvalue weighted by Crippen LogP contribution is -1.95. The van der Waals surface area contributed by atoms with Crippen LogP contribution in [0.5, 0.6) is 0 Å². The van der Waals surface area contributed by atoms with Gasteiger partial charge in [-0.3, -0.25) is 0 Å². The van der Waals surface area contributed by atoms with Crippen LogP contribution in [-0.4, -0.2) is 18.3 Å². The molecule has 0 aliphatic rings. The van der Waals surface area contributed by atoms with E-state index in [1.807, 2.05) is 24.3 Å². The van der Waals surface area contributed by atoms with Crippen LogP contribution in [-0.2, 0) is 0 Å². The molecule has 0 atom stereocenters. The number of para-hydroxylation sites is 8. The molecule has 0 amide bonds. The number of hydrogen-bond acceptors (Lipinski definition) is 3. The maximum absolute atomic E-state index is 6.49. The van der Waals surface area contributed by atoms with Crippen molar-refractivity contribution in [1.29, 1.82) is 0 Å². The second-order valence-corrected chi connectivity index (χ2v) is 32.9. The number of furan rings is 3. The fraction of sp³-hybridized carbons (Fsp3) is 0. The highest BCUT2D eigenvalue weighted by Crippen LogP contribution is 2.47. The number of nitrogens with zero attached hydrogens (tertiary/aromatic N) is 4. The molecule has 0 spiro atoms. The third kappa shape index (κ3) is 12.3. The molecule has 0 N–H and O–H groups in total. The van der Waals surface area contributed by atoms with Crippen molar-refractivity contribution in [2.45, 2.75) is 0 Å². The Labute approximate surface area is 730 Å². The summed E-state index contributed by atoms with van der Waals surface area (Å²) in [5.74, 6) is 0. The molecule has 594 valence electrons. The normalized spacial score (nSPS) is 11.8. The van der Waals surface area contributed by atoms with Gasteiger partial charge < -0.3 is 31.5 Å². The monoisotopic (exact) mass is 1620 g/mol. The first-order valence-electron chi connectivity index (χ1n) is 43.3. The predicted molar refractivity (Wildman–Crippen MR) is 531 cm³/mol. The van der Waals surface area contributed by atoms with Gasteiger partial charge in [0.1, 0.15) is 33.5 Å². The highest BCUT2D eigenvalue weighted by atomic mass is 16.3. The minimum Gasteiger partial charge on any atom is -0.456 e. The van der Waals surface area contributed by atoms with Gasteiger partial charge in [0.2, 0.25) is 0 Å². The zero-order valence-corrected chi connectivity index (χ0v) is 68.9. The van der Waals surface area contributed by atoms with Crippen LogP contribution in [0, 0.1) is 0 Å². The van der Waals surface area contributed by atoms with Crippen molar-refractivity contribution in [2.24, 2.45) is 0 Å². The molecule has 0 fully saturated rings. The summed E-state index contributed by atoms with van der Waals surface area (Å²) in [4.78, 5) is 0. The molecule has 0 saturated heterocycles. The SMILES string of the molecule is c1ccc(-c2cc(-c3ccccc3)cc(-c3ccc(-n4c5ccccc5c5c6c(ccc54)oc4ccccc46)cc3)c2)cc1.c1ccc(-c2cc(-c3ccccc3)cc(-c3ccc(-n4c5ccccc5c5cc6c(cc54)oc4ccccc46)cc3)c2)cc1.c1ccc(-n2c3ccccc3c3cc(-n4c5ccccc5c5c6oc7ccccc7c6ccc54)ccc32)cc1. The molecule has 0 aliphatic carbocycles. The van der Waals surface area contributed by atoms with Gasteiger partial charge in [0.15, 0.2) is 0 Å². The Hall–Kier alpha value is -17.0. The second kappa shape index (κ2) is 30.0. The van der Waals surface area contributed by atoms with Crippen molar-refractivity contribution in [3.63, 3.8) is 0 Å². The minimum absolute atomic E-state index is 0.908. The maximum atomic E-state index is 6.49. The van der Waals surface area contributed by atoms with Gasteiger partial charge in [-0.2, -0.15) is 0 Å². The van der Waals surface area contributed by atoms with Crippen molar-refractivity contribution in [2.75, 3.05) is 0 Å².